The quantitative estimate of drug-likeness (QED) is 0.590. The summed E-state index contributed by atoms with van der Waals surface area (Å²) in [5, 5.41) is 20.8. The van der Waals surface area contributed by atoms with Crippen LogP contribution in [0.3, 0.4) is 0 Å². The first kappa shape index (κ1) is 13.7. The predicted octanol–water partition coefficient (Wildman–Crippen LogP) is 4.53. The smallest absolute Gasteiger partial charge is 0.163 e. The molecule has 4 aromatic rings. The molecular weight excluding hydrogens is 304 g/mol. The number of nitrogens with one attached hydrogen (secondary N) is 1. The van der Waals surface area contributed by atoms with E-state index in [1.807, 2.05) is 12.1 Å². The third-order valence-electron chi connectivity index (χ3n) is 3.90. The van der Waals surface area contributed by atoms with E-state index in [4.69, 9.17) is 5.26 Å². The number of aromatic amines is 1. The molecule has 4 nitrogen and oxygen atoms in total. The van der Waals surface area contributed by atoms with Crippen molar-refractivity contribution in [2.24, 2.45) is 0 Å². The van der Waals surface area contributed by atoms with Crippen molar-refractivity contribution in [1.82, 2.24) is 15.4 Å². The Kier molecular flexibility index (Phi) is 3.18. The Morgan fingerprint density at radius 1 is 1.09 bits per heavy atom. The predicted molar refractivity (Wildman–Crippen MR) is 92.1 cm³/mol. The lowest BCUT2D eigenvalue weighted by Crippen LogP contribution is -1.84. The molecule has 0 atom stereocenters. The van der Waals surface area contributed by atoms with Crippen molar-refractivity contribution in [3.8, 4) is 27.8 Å². The minimum Gasteiger partial charge on any atom is -0.247 e. The molecular formula is C18H12N4S. The summed E-state index contributed by atoms with van der Waals surface area (Å²) in [6.45, 7) is 2.15. The molecule has 0 unspecified atom stereocenters. The Morgan fingerprint density at radius 2 is 1.91 bits per heavy atom. The summed E-state index contributed by atoms with van der Waals surface area (Å²) in [5.41, 5.74) is 4.28. The molecule has 0 fully saturated rings. The van der Waals surface area contributed by atoms with Gasteiger partial charge in [0.15, 0.2) is 5.69 Å². The lowest BCUT2D eigenvalue weighted by molar-refractivity contribution is 0.937. The van der Waals surface area contributed by atoms with Crippen molar-refractivity contribution >= 4 is 21.4 Å². The summed E-state index contributed by atoms with van der Waals surface area (Å²) >= 11 is 1.78. The Bertz CT molecular complexity index is 1050. The van der Waals surface area contributed by atoms with Crippen LogP contribution in [0.15, 0.2) is 48.5 Å². The van der Waals surface area contributed by atoms with Gasteiger partial charge in [0.1, 0.15) is 11.8 Å². The van der Waals surface area contributed by atoms with E-state index in [1.165, 1.54) is 20.5 Å². The maximum absolute atomic E-state index is 9.14. The van der Waals surface area contributed by atoms with Gasteiger partial charge in [-0.2, -0.15) is 5.26 Å². The second-order valence-corrected chi connectivity index (χ2v) is 6.33. The van der Waals surface area contributed by atoms with E-state index < -0.39 is 0 Å². The highest BCUT2D eigenvalue weighted by atomic mass is 32.1. The minimum absolute atomic E-state index is 0.384. The van der Waals surface area contributed by atoms with Crippen LogP contribution >= 0.6 is 11.3 Å². The number of hydrogen-bond acceptors (Lipinski definition) is 4. The zero-order chi connectivity index (χ0) is 15.8. The second kappa shape index (κ2) is 5.34. The fourth-order valence-corrected chi connectivity index (χ4v) is 3.97. The topological polar surface area (TPSA) is 65.4 Å². The Balaban J connectivity index is 1.88. The number of rotatable bonds is 2. The molecule has 23 heavy (non-hydrogen) atoms. The van der Waals surface area contributed by atoms with E-state index in [0.29, 0.717) is 11.4 Å². The second-order valence-electron chi connectivity index (χ2n) is 5.28. The zero-order valence-electron chi connectivity index (χ0n) is 12.4. The Morgan fingerprint density at radius 3 is 2.74 bits per heavy atom. The summed E-state index contributed by atoms with van der Waals surface area (Å²) < 4.78 is 1.28. The number of nitriles is 1. The number of benzene rings is 2. The van der Waals surface area contributed by atoms with Gasteiger partial charge >= 0.3 is 0 Å². The van der Waals surface area contributed by atoms with Crippen LogP contribution in [0.2, 0.25) is 0 Å². The Labute approximate surface area is 137 Å². The van der Waals surface area contributed by atoms with Crippen LogP contribution in [-0.4, -0.2) is 15.4 Å². The van der Waals surface area contributed by atoms with Gasteiger partial charge in [-0.3, -0.25) is 0 Å². The zero-order valence-corrected chi connectivity index (χ0v) is 13.2. The molecule has 2 aromatic carbocycles. The molecule has 0 aliphatic carbocycles. The third-order valence-corrected chi connectivity index (χ3v) is 5.22. The van der Waals surface area contributed by atoms with Gasteiger partial charge in [0, 0.05) is 15.1 Å². The maximum atomic E-state index is 9.14. The van der Waals surface area contributed by atoms with Crippen molar-refractivity contribution in [1.29, 1.82) is 5.26 Å². The number of thiophene rings is 1. The van der Waals surface area contributed by atoms with Gasteiger partial charge < -0.3 is 0 Å². The molecule has 0 bridgehead atoms. The van der Waals surface area contributed by atoms with E-state index >= 15 is 0 Å². The van der Waals surface area contributed by atoms with Gasteiger partial charge in [-0.1, -0.05) is 41.6 Å². The van der Waals surface area contributed by atoms with Crippen LogP contribution in [0.5, 0.6) is 0 Å². The monoisotopic (exact) mass is 316 g/mol. The Hall–Kier alpha value is -2.97. The number of hydrogen-bond donors (Lipinski definition) is 1. The van der Waals surface area contributed by atoms with Crippen LogP contribution in [0, 0.1) is 18.3 Å². The van der Waals surface area contributed by atoms with E-state index in [9.17, 15) is 0 Å². The summed E-state index contributed by atoms with van der Waals surface area (Å²) in [7, 11) is 0. The largest absolute Gasteiger partial charge is 0.247 e. The first-order chi connectivity index (χ1) is 11.3. The molecule has 0 radical (unpaired) electrons. The first-order valence-corrected chi connectivity index (χ1v) is 7.99. The average molecular weight is 316 g/mol. The summed E-state index contributed by atoms with van der Waals surface area (Å²) in [6, 6.07) is 18.6. The first-order valence-electron chi connectivity index (χ1n) is 7.18. The molecule has 2 aromatic heterocycles. The normalized spacial score (nSPS) is 10.8. The number of H-pyrrole nitrogens is 1. The molecule has 0 aliphatic rings. The third kappa shape index (κ3) is 2.20. The van der Waals surface area contributed by atoms with Crippen molar-refractivity contribution in [2.75, 3.05) is 0 Å². The molecule has 1 N–H and O–H groups in total. The van der Waals surface area contributed by atoms with Crippen LogP contribution in [0.25, 0.3) is 31.8 Å². The average Bonchev–Trinajstić information content (AvgIpc) is 3.20. The molecule has 2 heterocycles. The number of aryl methyl sites for hydroxylation is 1. The highest BCUT2D eigenvalue weighted by Crippen LogP contribution is 2.39. The van der Waals surface area contributed by atoms with E-state index in [2.05, 4.69) is 64.8 Å². The molecule has 0 spiro atoms. The van der Waals surface area contributed by atoms with Crippen molar-refractivity contribution < 1.29 is 0 Å². The fraction of sp³-hybridized carbons (Fsp3) is 0.0556. The fourth-order valence-electron chi connectivity index (χ4n) is 2.77. The molecule has 0 amide bonds. The highest BCUT2D eigenvalue weighted by Gasteiger charge is 2.13. The maximum Gasteiger partial charge on any atom is 0.163 e. The summed E-state index contributed by atoms with van der Waals surface area (Å²) in [5.74, 6) is 0. The summed E-state index contributed by atoms with van der Waals surface area (Å²) in [4.78, 5) is 1.25. The molecule has 110 valence electrons. The van der Waals surface area contributed by atoms with Gasteiger partial charge in [-0.15, -0.1) is 16.4 Å². The highest BCUT2D eigenvalue weighted by molar-refractivity contribution is 7.22. The number of fused-ring (bicyclic) bond motifs is 1. The van der Waals surface area contributed by atoms with Crippen LogP contribution in [-0.2, 0) is 0 Å². The molecule has 0 saturated carbocycles. The van der Waals surface area contributed by atoms with Crippen molar-refractivity contribution in [3.05, 3.63) is 59.8 Å². The van der Waals surface area contributed by atoms with E-state index in [0.717, 1.165) is 11.1 Å². The molecule has 5 heteroatoms. The lowest BCUT2D eigenvalue weighted by atomic mass is 10.0. The number of aromatic nitrogens is 3. The van der Waals surface area contributed by atoms with Gasteiger partial charge in [-0.05, 0) is 35.6 Å². The van der Waals surface area contributed by atoms with Crippen molar-refractivity contribution in [3.63, 3.8) is 0 Å². The van der Waals surface area contributed by atoms with Crippen LogP contribution in [0.4, 0.5) is 0 Å². The van der Waals surface area contributed by atoms with E-state index in [1.54, 1.807) is 11.3 Å². The van der Waals surface area contributed by atoms with Gasteiger partial charge in [0.2, 0.25) is 0 Å². The molecule has 4 rings (SSSR count). The summed E-state index contributed by atoms with van der Waals surface area (Å²) in [6.07, 6.45) is 0. The van der Waals surface area contributed by atoms with Crippen LogP contribution < -0.4 is 0 Å². The minimum atomic E-state index is 0.384. The van der Waals surface area contributed by atoms with Crippen LogP contribution in [0.1, 0.15) is 11.3 Å². The van der Waals surface area contributed by atoms with Crippen molar-refractivity contribution in [2.45, 2.75) is 6.92 Å². The number of nitrogens with zero attached hydrogens (tertiary/aromatic N) is 3. The molecule has 0 aliphatic heterocycles. The SMILES string of the molecule is Cc1c(-c2cccc(-c3nn[nH]c3C#N)c2)sc2ccccc12. The van der Waals surface area contributed by atoms with Gasteiger partial charge in [0.05, 0.1) is 0 Å². The lowest BCUT2D eigenvalue weighted by Gasteiger charge is -2.03. The van der Waals surface area contributed by atoms with Gasteiger partial charge in [0.25, 0.3) is 0 Å². The van der Waals surface area contributed by atoms with E-state index in [-0.39, 0.29) is 0 Å². The van der Waals surface area contributed by atoms with Gasteiger partial charge in [-0.25, -0.2) is 5.10 Å². The molecule has 0 saturated heterocycles. The standard InChI is InChI=1S/C18H12N4S/c1-11-14-7-2-3-8-16(14)23-18(11)13-6-4-5-12(9-13)17-15(10-19)20-22-21-17/h2-9H,1H3,(H,20,21,22).